The molecular formula is C23H20F2N2O. The second-order valence-electron chi connectivity index (χ2n) is 7.01. The summed E-state index contributed by atoms with van der Waals surface area (Å²) < 4.78 is 26.7. The van der Waals surface area contributed by atoms with Crippen LogP contribution in [-0.2, 0) is 6.42 Å². The molecule has 0 radical (unpaired) electrons. The van der Waals surface area contributed by atoms with Crippen LogP contribution in [0.15, 0.2) is 71.5 Å². The fourth-order valence-corrected chi connectivity index (χ4v) is 3.66. The number of rotatable bonds is 6. The van der Waals surface area contributed by atoms with Gasteiger partial charge in [0, 0.05) is 5.92 Å². The van der Waals surface area contributed by atoms with E-state index in [1.54, 1.807) is 24.3 Å². The molecule has 1 heterocycles. The number of hydrogen-bond donors (Lipinski definition) is 2. The van der Waals surface area contributed by atoms with Crippen molar-refractivity contribution in [2.75, 3.05) is 0 Å². The molecule has 2 N–H and O–H groups in total. The predicted octanol–water partition coefficient (Wildman–Crippen LogP) is 5.29. The van der Waals surface area contributed by atoms with E-state index in [1.165, 1.54) is 24.3 Å². The van der Waals surface area contributed by atoms with Crippen molar-refractivity contribution in [3.8, 4) is 0 Å². The van der Waals surface area contributed by atoms with Gasteiger partial charge in [-0.05, 0) is 72.4 Å². The van der Waals surface area contributed by atoms with Gasteiger partial charge in [-0.15, -0.1) is 0 Å². The number of hydrogen-bond acceptors (Lipinski definition) is 1. The standard InChI is InChI=1S/C23H20F2N2O/c24-18-9-5-16(6-10-18)20(17-7-11-19(25)12-8-17)3-1-2-15-4-13-21-22(14-15)27-23(28)26-21/h4-14,20H,1-3H2,(H2,26,27,28). The van der Waals surface area contributed by atoms with Gasteiger partial charge in [-0.1, -0.05) is 30.3 Å². The van der Waals surface area contributed by atoms with Crippen molar-refractivity contribution in [2.45, 2.75) is 25.2 Å². The van der Waals surface area contributed by atoms with Crippen molar-refractivity contribution >= 4 is 11.0 Å². The van der Waals surface area contributed by atoms with E-state index < -0.39 is 0 Å². The molecule has 0 saturated heterocycles. The van der Waals surface area contributed by atoms with Crippen LogP contribution in [0, 0.1) is 11.6 Å². The molecule has 0 atom stereocenters. The van der Waals surface area contributed by atoms with E-state index in [-0.39, 0.29) is 23.2 Å². The Morgan fingerprint density at radius 3 is 1.93 bits per heavy atom. The maximum atomic E-state index is 13.3. The summed E-state index contributed by atoms with van der Waals surface area (Å²) in [5, 5.41) is 0. The Morgan fingerprint density at radius 2 is 1.32 bits per heavy atom. The van der Waals surface area contributed by atoms with Crippen molar-refractivity contribution < 1.29 is 8.78 Å². The number of aromatic nitrogens is 2. The fourth-order valence-electron chi connectivity index (χ4n) is 3.66. The van der Waals surface area contributed by atoms with Crippen molar-refractivity contribution in [1.82, 2.24) is 9.97 Å². The van der Waals surface area contributed by atoms with Crippen LogP contribution in [0.2, 0.25) is 0 Å². The zero-order chi connectivity index (χ0) is 19.5. The van der Waals surface area contributed by atoms with E-state index in [0.29, 0.717) is 0 Å². The van der Waals surface area contributed by atoms with Crippen LogP contribution >= 0.6 is 0 Å². The Hall–Kier alpha value is -3.21. The van der Waals surface area contributed by atoms with Gasteiger partial charge in [0.1, 0.15) is 11.6 Å². The lowest BCUT2D eigenvalue weighted by molar-refractivity contribution is 0.618. The number of benzene rings is 3. The van der Waals surface area contributed by atoms with E-state index in [4.69, 9.17) is 0 Å². The maximum Gasteiger partial charge on any atom is 0.323 e. The molecule has 142 valence electrons. The Balaban J connectivity index is 1.52. The van der Waals surface area contributed by atoms with Crippen molar-refractivity contribution in [3.05, 3.63) is 106 Å². The number of nitrogens with one attached hydrogen (secondary N) is 2. The highest BCUT2D eigenvalue weighted by atomic mass is 19.1. The molecule has 0 spiro atoms. The topological polar surface area (TPSA) is 48.6 Å². The van der Waals surface area contributed by atoms with Gasteiger partial charge in [0.25, 0.3) is 0 Å². The normalized spacial score (nSPS) is 11.4. The molecule has 3 nitrogen and oxygen atoms in total. The highest BCUT2D eigenvalue weighted by molar-refractivity contribution is 5.74. The second-order valence-corrected chi connectivity index (χ2v) is 7.01. The Bertz CT molecular complexity index is 1080. The van der Waals surface area contributed by atoms with Crippen LogP contribution in [0.1, 0.15) is 35.4 Å². The molecule has 1 aromatic heterocycles. The number of imidazole rings is 1. The molecule has 0 amide bonds. The smallest absolute Gasteiger partial charge is 0.306 e. The van der Waals surface area contributed by atoms with Crippen LogP contribution in [0.25, 0.3) is 11.0 Å². The van der Waals surface area contributed by atoms with Crippen molar-refractivity contribution in [1.29, 1.82) is 0 Å². The predicted molar refractivity (Wildman–Crippen MR) is 107 cm³/mol. The molecule has 28 heavy (non-hydrogen) atoms. The van der Waals surface area contributed by atoms with Gasteiger partial charge in [-0.25, -0.2) is 13.6 Å². The molecular weight excluding hydrogens is 358 g/mol. The molecule has 0 bridgehead atoms. The number of aromatic amines is 2. The molecule has 4 aromatic rings. The summed E-state index contributed by atoms with van der Waals surface area (Å²) >= 11 is 0. The van der Waals surface area contributed by atoms with Crippen LogP contribution < -0.4 is 5.69 Å². The number of H-pyrrole nitrogens is 2. The molecule has 0 fully saturated rings. The summed E-state index contributed by atoms with van der Waals surface area (Å²) in [6.45, 7) is 0. The van der Waals surface area contributed by atoms with Crippen LogP contribution in [0.5, 0.6) is 0 Å². The van der Waals surface area contributed by atoms with E-state index in [9.17, 15) is 13.6 Å². The Morgan fingerprint density at radius 1 is 0.750 bits per heavy atom. The summed E-state index contributed by atoms with van der Waals surface area (Å²) in [5.74, 6) is -0.470. The number of halogens is 2. The summed E-state index contributed by atoms with van der Waals surface area (Å²) in [4.78, 5) is 16.9. The van der Waals surface area contributed by atoms with Gasteiger partial charge >= 0.3 is 5.69 Å². The minimum absolute atomic E-state index is 0.0667. The quantitative estimate of drug-likeness (QED) is 0.471. The van der Waals surface area contributed by atoms with Gasteiger partial charge in [0.05, 0.1) is 11.0 Å². The summed E-state index contributed by atoms with van der Waals surface area (Å²) in [7, 11) is 0. The maximum absolute atomic E-state index is 13.3. The van der Waals surface area contributed by atoms with E-state index in [2.05, 4.69) is 9.97 Å². The summed E-state index contributed by atoms with van der Waals surface area (Å²) in [6, 6.07) is 18.9. The zero-order valence-corrected chi connectivity index (χ0v) is 15.2. The SMILES string of the molecule is O=c1[nH]c2ccc(CCCC(c3ccc(F)cc3)c3ccc(F)cc3)cc2[nH]1. The van der Waals surface area contributed by atoms with Gasteiger partial charge in [-0.3, -0.25) is 0 Å². The van der Waals surface area contributed by atoms with Crippen LogP contribution in [0.3, 0.4) is 0 Å². The van der Waals surface area contributed by atoms with Crippen LogP contribution in [-0.4, -0.2) is 9.97 Å². The highest BCUT2D eigenvalue weighted by Gasteiger charge is 2.15. The fraction of sp³-hybridized carbons (Fsp3) is 0.174. The summed E-state index contributed by atoms with van der Waals surface area (Å²) in [5.41, 5.74) is 4.55. The lowest BCUT2D eigenvalue weighted by atomic mass is 9.86. The molecule has 0 aliphatic carbocycles. The Labute approximate surface area is 161 Å². The van der Waals surface area contributed by atoms with E-state index >= 15 is 0 Å². The minimum atomic E-state index is -0.268. The molecule has 0 aliphatic heterocycles. The van der Waals surface area contributed by atoms with Crippen molar-refractivity contribution in [3.63, 3.8) is 0 Å². The largest absolute Gasteiger partial charge is 0.323 e. The summed E-state index contributed by atoms with van der Waals surface area (Å²) in [6.07, 6.45) is 2.60. The zero-order valence-electron chi connectivity index (χ0n) is 15.2. The lowest BCUT2D eigenvalue weighted by Crippen LogP contribution is -2.03. The van der Waals surface area contributed by atoms with Gasteiger partial charge in [-0.2, -0.15) is 0 Å². The molecule has 4 rings (SSSR count). The first-order chi connectivity index (χ1) is 13.6. The first-order valence-corrected chi connectivity index (χ1v) is 9.30. The van der Waals surface area contributed by atoms with Gasteiger partial charge in [0.2, 0.25) is 0 Å². The van der Waals surface area contributed by atoms with E-state index in [1.807, 2.05) is 18.2 Å². The lowest BCUT2D eigenvalue weighted by Gasteiger charge is -2.18. The monoisotopic (exact) mass is 378 g/mol. The third-order valence-electron chi connectivity index (χ3n) is 5.08. The molecule has 0 unspecified atom stereocenters. The van der Waals surface area contributed by atoms with Gasteiger partial charge < -0.3 is 9.97 Å². The highest BCUT2D eigenvalue weighted by Crippen LogP contribution is 2.30. The average molecular weight is 378 g/mol. The third kappa shape index (κ3) is 4.03. The number of aryl methyl sites for hydroxylation is 1. The van der Waals surface area contributed by atoms with E-state index in [0.717, 1.165) is 47.0 Å². The molecule has 3 aromatic carbocycles. The first kappa shape index (κ1) is 18.2. The minimum Gasteiger partial charge on any atom is -0.306 e. The number of fused-ring (bicyclic) bond motifs is 1. The van der Waals surface area contributed by atoms with Crippen LogP contribution in [0.4, 0.5) is 8.78 Å². The molecule has 5 heteroatoms. The Kier molecular flexibility index (Phi) is 5.06. The molecule has 0 aliphatic rings. The average Bonchev–Trinajstić information content (AvgIpc) is 3.06. The second kappa shape index (κ2) is 7.80. The first-order valence-electron chi connectivity index (χ1n) is 9.30. The van der Waals surface area contributed by atoms with Gasteiger partial charge in [0.15, 0.2) is 0 Å². The molecule has 0 saturated carbocycles. The van der Waals surface area contributed by atoms with Crippen molar-refractivity contribution in [2.24, 2.45) is 0 Å². The third-order valence-corrected chi connectivity index (χ3v) is 5.08.